The van der Waals surface area contributed by atoms with Crippen LogP contribution in [0.15, 0.2) is 35.4 Å². The number of aromatic hydroxyl groups is 3. The number of carbonyl (C=O) groups is 2. The maximum Gasteiger partial charge on any atom is 0.256 e. The van der Waals surface area contributed by atoms with Gasteiger partial charge in [-0.05, 0) is 41.7 Å². The van der Waals surface area contributed by atoms with Crippen molar-refractivity contribution in [3.63, 3.8) is 0 Å². The fourth-order valence-electron chi connectivity index (χ4n) is 3.99. The minimum absolute atomic E-state index is 0.0362. The molecule has 0 saturated carbocycles. The second-order valence-corrected chi connectivity index (χ2v) is 6.66. The van der Waals surface area contributed by atoms with Crippen LogP contribution in [0.2, 0.25) is 0 Å². The van der Waals surface area contributed by atoms with Crippen LogP contribution in [-0.4, -0.2) is 37.2 Å². The van der Waals surface area contributed by atoms with Gasteiger partial charge < -0.3 is 31.3 Å². The molecule has 138 valence electrons. The van der Waals surface area contributed by atoms with Gasteiger partial charge >= 0.3 is 0 Å². The van der Waals surface area contributed by atoms with E-state index in [0.717, 1.165) is 6.07 Å². The van der Waals surface area contributed by atoms with Gasteiger partial charge in [0.15, 0.2) is 5.78 Å². The van der Waals surface area contributed by atoms with Crippen molar-refractivity contribution in [3.05, 3.63) is 63.2 Å². The molecule has 2 aliphatic carbocycles. The zero-order valence-corrected chi connectivity index (χ0v) is 13.9. The first-order valence-electron chi connectivity index (χ1n) is 8.05. The van der Waals surface area contributed by atoms with Crippen LogP contribution in [0.1, 0.15) is 37.4 Å². The van der Waals surface area contributed by atoms with Crippen molar-refractivity contribution in [1.82, 2.24) is 0 Å². The van der Waals surface area contributed by atoms with E-state index >= 15 is 0 Å². The summed E-state index contributed by atoms with van der Waals surface area (Å²) in [5, 5.41) is 52.0. The summed E-state index contributed by atoms with van der Waals surface area (Å²) in [4.78, 5) is 24.5. The van der Waals surface area contributed by atoms with E-state index in [0.29, 0.717) is 11.1 Å². The molecule has 8 heteroatoms. The number of rotatable bonds is 1. The summed E-state index contributed by atoms with van der Waals surface area (Å²) in [6.07, 6.45) is 0.209. The first kappa shape index (κ1) is 17.1. The molecule has 0 bridgehead atoms. The highest BCUT2D eigenvalue weighted by molar-refractivity contribution is 6.14. The summed E-state index contributed by atoms with van der Waals surface area (Å²) in [6, 6.07) is 5.65. The third-order valence-electron chi connectivity index (χ3n) is 5.05. The van der Waals surface area contributed by atoms with E-state index in [1.165, 1.54) is 6.07 Å². The second kappa shape index (κ2) is 5.32. The van der Waals surface area contributed by atoms with Crippen LogP contribution in [0.4, 0.5) is 0 Å². The number of Topliss-reactive ketones (excluding diaryl/α,β-unsaturated/α-hetero) is 1. The lowest BCUT2D eigenvalue weighted by Crippen LogP contribution is -2.40. The van der Waals surface area contributed by atoms with Crippen molar-refractivity contribution >= 4 is 11.7 Å². The molecular formula is C19H15NO7. The monoisotopic (exact) mass is 369 g/mol. The Balaban J connectivity index is 1.98. The Bertz CT molecular complexity index is 1080. The summed E-state index contributed by atoms with van der Waals surface area (Å²) >= 11 is 0. The summed E-state index contributed by atoms with van der Waals surface area (Å²) in [6.45, 7) is 0. The number of benzene rings is 2. The smallest absolute Gasteiger partial charge is 0.256 e. The number of aliphatic hydroxyl groups is 2. The van der Waals surface area contributed by atoms with Crippen LogP contribution in [0.5, 0.6) is 17.2 Å². The number of ketones is 1. The number of carbonyl (C=O) groups excluding carboxylic acids is 2. The minimum atomic E-state index is -2.93. The van der Waals surface area contributed by atoms with E-state index in [2.05, 4.69) is 0 Å². The van der Waals surface area contributed by atoms with Gasteiger partial charge in [0.25, 0.3) is 5.91 Å². The highest BCUT2D eigenvalue weighted by atomic mass is 16.5. The maximum atomic E-state index is 12.9. The average molecular weight is 369 g/mol. The summed E-state index contributed by atoms with van der Waals surface area (Å²) in [5.74, 6) is -6.67. The first-order valence-corrected chi connectivity index (χ1v) is 8.05. The number of amides is 1. The molecule has 2 aromatic rings. The van der Waals surface area contributed by atoms with Gasteiger partial charge in [-0.25, -0.2) is 0 Å². The number of primary amides is 1. The zero-order chi connectivity index (χ0) is 19.7. The molecule has 0 spiro atoms. The molecular weight excluding hydrogens is 354 g/mol. The average Bonchev–Trinajstić information content (AvgIpc) is 2.52. The number of hydrogen-bond donors (Lipinski definition) is 6. The molecule has 4 rings (SSSR count). The van der Waals surface area contributed by atoms with E-state index in [-0.39, 0.29) is 35.3 Å². The highest BCUT2D eigenvalue weighted by Gasteiger charge is 2.48. The lowest BCUT2D eigenvalue weighted by atomic mass is 9.72. The van der Waals surface area contributed by atoms with E-state index in [1.807, 2.05) is 0 Å². The third kappa shape index (κ3) is 2.17. The van der Waals surface area contributed by atoms with Gasteiger partial charge in [0.1, 0.15) is 22.8 Å². The normalized spacial score (nSPS) is 17.2. The Kier molecular flexibility index (Phi) is 3.36. The van der Waals surface area contributed by atoms with Gasteiger partial charge in [0, 0.05) is 0 Å². The number of phenolic OH excluding ortho intramolecular Hbond substituents is 1. The quantitative estimate of drug-likeness (QED) is 0.395. The fourth-order valence-corrected chi connectivity index (χ4v) is 3.99. The SMILES string of the molecule is NC(=O)c1c(O)cc2c(c1O)C(O)(O)C1=C(Cc3cccc(O)c3C1=O)C2. The van der Waals surface area contributed by atoms with Gasteiger partial charge in [0.2, 0.25) is 5.79 Å². The lowest BCUT2D eigenvalue weighted by molar-refractivity contribution is -0.136. The number of allylic oxidation sites excluding steroid dienone is 1. The van der Waals surface area contributed by atoms with E-state index in [1.54, 1.807) is 12.1 Å². The van der Waals surface area contributed by atoms with E-state index < -0.39 is 40.1 Å². The van der Waals surface area contributed by atoms with Crippen molar-refractivity contribution in [2.45, 2.75) is 18.6 Å². The maximum absolute atomic E-state index is 12.9. The Hall–Kier alpha value is -3.36. The Morgan fingerprint density at radius 3 is 2.37 bits per heavy atom. The molecule has 0 aromatic heterocycles. The molecule has 27 heavy (non-hydrogen) atoms. The molecule has 0 fully saturated rings. The van der Waals surface area contributed by atoms with Crippen LogP contribution < -0.4 is 5.73 Å². The van der Waals surface area contributed by atoms with Crippen LogP contribution in [0.25, 0.3) is 0 Å². The van der Waals surface area contributed by atoms with E-state index in [9.17, 15) is 35.1 Å². The van der Waals surface area contributed by atoms with Crippen LogP contribution in [-0.2, 0) is 18.6 Å². The summed E-state index contributed by atoms with van der Waals surface area (Å²) < 4.78 is 0. The van der Waals surface area contributed by atoms with Gasteiger partial charge in [-0.3, -0.25) is 9.59 Å². The zero-order valence-electron chi connectivity index (χ0n) is 13.9. The molecule has 0 atom stereocenters. The molecule has 2 aromatic carbocycles. The Labute approximate surface area is 152 Å². The molecule has 7 N–H and O–H groups in total. The third-order valence-corrected chi connectivity index (χ3v) is 5.05. The van der Waals surface area contributed by atoms with Crippen LogP contribution in [0, 0.1) is 0 Å². The van der Waals surface area contributed by atoms with Gasteiger partial charge in [0.05, 0.1) is 16.7 Å². The summed E-state index contributed by atoms with van der Waals surface area (Å²) in [7, 11) is 0. The largest absolute Gasteiger partial charge is 0.507 e. The molecule has 0 unspecified atom stereocenters. The lowest BCUT2D eigenvalue weighted by Gasteiger charge is -2.37. The van der Waals surface area contributed by atoms with Crippen LogP contribution in [0.3, 0.4) is 0 Å². The highest BCUT2D eigenvalue weighted by Crippen LogP contribution is 2.49. The number of fused-ring (bicyclic) bond motifs is 2. The Morgan fingerprint density at radius 1 is 1.04 bits per heavy atom. The Morgan fingerprint density at radius 2 is 1.70 bits per heavy atom. The second-order valence-electron chi connectivity index (χ2n) is 6.66. The fraction of sp³-hybridized carbons (Fsp3) is 0.158. The van der Waals surface area contributed by atoms with Gasteiger partial charge in [-0.1, -0.05) is 12.1 Å². The van der Waals surface area contributed by atoms with Gasteiger partial charge in [-0.2, -0.15) is 0 Å². The number of nitrogens with two attached hydrogens (primary N) is 1. The first-order chi connectivity index (χ1) is 12.6. The molecule has 0 radical (unpaired) electrons. The minimum Gasteiger partial charge on any atom is -0.507 e. The molecule has 1 amide bonds. The predicted octanol–water partition coefficient (Wildman–Crippen LogP) is 0.331. The van der Waals surface area contributed by atoms with Crippen LogP contribution >= 0.6 is 0 Å². The summed E-state index contributed by atoms with van der Waals surface area (Å²) in [5.41, 5.74) is 4.61. The van der Waals surface area contributed by atoms with Crippen molar-refractivity contribution in [2.75, 3.05) is 0 Å². The molecule has 0 aliphatic heterocycles. The number of phenols is 3. The molecule has 2 aliphatic rings. The molecule has 0 saturated heterocycles. The van der Waals surface area contributed by atoms with Crippen molar-refractivity contribution < 1.29 is 35.1 Å². The van der Waals surface area contributed by atoms with Crippen molar-refractivity contribution in [1.29, 1.82) is 0 Å². The number of hydrogen-bond acceptors (Lipinski definition) is 7. The standard InChI is InChI=1S/C19H15NO7/c20-18(25)13-11(22)6-9-5-8-4-7-2-1-3-10(21)12(7)16(23)14(8)19(26,27)15(9)17(13)24/h1-3,6,21-22,24,26-27H,4-5H2,(H2,20,25). The van der Waals surface area contributed by atoms with Crippen molar-refractivity contribution in [3.8, 4) is 17.2 Å². The molecule has 8 nitrogen and oxygen atoms in total. The molecule has 0 heterocycles. The van der Waals surface area contributed by atoms with Crippen molar-refractivity contribution in [2.24, 2.45) is 5.73 Å². The van der Waals surface area contributed by atoms with Gasteiger partial charge in [-0.15, -0.1) is 0 Å². The van der Waals surface area contributed by atoms with E-state index in [4.69, 9.17) is 5.73 Å². The predicted molar refractivity (Wildman–Crippen MR) is 91.3 cm³/mol. The topological polar surface area (TPSA) is 161 Å².